The number of nitrogens with one attached hydrogen (secondary N) is 1. The highest BCUT2D eigenvalue weighted by atomic mass is 35.5. The number of hydrogen-bond donors (Lipinski definition) is 1. The van der Waals surface area contributed by atoms with Gasteiger partial charge in [0.05, 0.1) is 7.11 Å². The van der Waals surface area contributed by atoms with Crippen LogP contribution in [-0.4, -0.2) is 24.0 Å². The molecule has 1 rings (SSSR count). The van der Waals surface area contributed by atoms with E-state index in [0.717, 1.165) is 18.5 Å². The Hall–Kier alpha value is -0.800. The van der Waals surface area contributed by atoms with Crippen molar-refractivity contribution in [2.75, 3.05) is 13.0 Å². The third-order valence-corrected chi connectivity index (χ3v) is 2.94. The van der Waals surface area contributed by atoms with Gasteiger partial charge in [0, 0.05) is 30.2 Å². The van der Waals surface area contributed by atoms with Crippen molar-refractivity contribution in [2.45, 2.75) is 32.9 Å². The molecule has 0 aliphatic heterocycles. The molecule has 1 aromatic heterocycles. The maximum absolute atomic E-state index is 5.94. The third kappa shape index (κ3) is 4.92. The lowest BCUT2D eigenvalue weighted by molar-refractivity contribution is 0.385. The molecule has 1 atom stereocenters. The van der Waals surface area contributed by atoms with E-state index in [0.29, 0.717) is 23.7 Å². The lowest BCUT2D eigenvalue weighted by atomic mass is 10.0. The van der Waals surface area contributed by atoms with Crippen molar-refractivity contribution >= 4 is 11.6 Å². The van der Waals surface area contributed by atoms with Crippen LogP contribution in [0.2, 0.25) is 0 Å². The fourth-order valence-electron chi connectivity index (χ4n) is 1.77. The summed E-state index contributed by atoms with van der Waals surface area (Å²) in [6, 6.07) is 4.26. The van der Waals surface area contributed by atoms with Crippen molar-refractivity contribution in [2.24, 2.45) is 5.92 Å². The normalized spacial score (nSPS) is 12.8. The zero-order valence-electron chi connectivity index (χ0n) is 10.7. The molecule has 0 radical (unpaired) electrons. The fourth-order valence-corrected chi connectivity index (χ4v) is 2.00. The van der Waals surface area contributed by atoms with Crippen LogP contribution in [0.1, 0.15) is 25.8 Å². The van der Waals surface area contributed by atoms with Gasteiger partial charge in [-0.1, -0.05) is 19.9 Å². The molecule has 0 saturated carbocycles. The fraction of sp³-hybridized carbons (Fsp3) is 0.615. The lowest BCUT2D eigenvalue weighted by Gasteiger charge is -2.18. The van der Waals surface area contributed by atoms with Gasteiger partial charge in [0.2, 0.25) is 5.88 Å². The van der Waals surface area contributed by atoms with Gasteiger partial charge in [0.15, 0.2) is 0 Å². The van der Waals surface area contributed by atoms with Crippen molar-refractivity contribution in [3.63, 3.8) is 0 Å². The van der Waals surface area contributed by atoms with Crippen molar-refractivity contribution < 1.29 is 4.74 Å². The molecule has 4 heteroatoms. The highest BCUT2D eigenvalue weighted by Gasteiger charge is 2.10. The van der Waals surface area contributed by atoms with Gasteiger partial charge < -0.3 is 10.1 Å². The quantitative estimate of drug-likeness (QED) is 0.762. The molecule has 1 N–H and O–H groups in total. The highest BCUT2D eigenvalue weighted by molar-refractivity contribution is 6.18. The van der Waals surface area contributed by atoms with Gasteiger partial charge in [-0.3, -0.25) is 0 Å². The van der Waals surface area contributed by atoms with Crippen LogP contribution in [0.15, 0.2) is 18.3 Å². The number of rotatable bonds is 7. The zero-order chi connectivity index (χ0) is 12.7. The first kappa shape index (κ1) is 14.3. The van der Waals surface area contributed by atoms with Crippen LogP contribution < -0.4 is 10.1 Å². The Morgan fingerprint density at radius 2 is 2.24 bits per heavy atom. The molecule has 1 aromatic rings. The van der Waals surface area contributed by atoms with Gasteiger partial charge in [-0.05, 0) is 18.4 Å². The molecular weight excluding hydrogens is 236 g/mol. The smallest absolute Gasteiger partial charge is 0.217 e. The van der Waals surface area contributed by atoms with Crippen molar-refractivity contribution in [1.29, 1.82) is 0 Å². The molecule has 17 heavy (non-hydrogen) atoms. The van der Waals surface area contributed by atoms with E-state index < -0.39 is 0 Å². The Labute approximate surface area is 109 Å². The van der Waals surface area contributed by atoms with Crippen LogP contribution in [0, 0.1) is 5.92 Å². The maximum atomic E-state index is 5.94. The van der Waals surface area contributed by atoms with E-state index in [2.05, 4.69) is 24.1 Å². The first-order chi connectivity index (χ1) is 8.17. The minimum Gasteiger partial charge on any atom is -0.481 e. The maximum Gasteiger partial charge on any atom is 0.217 e. The van der Waals surface area contributed by atoms with E-state index >= 15 is 0 Å². The number of ether oxygens (including phenoxy) is 1. The molecule has 0 aliphatic rings. The predicted molar refractivity (Wildman–Crippen MR) is 71.6 cm³/mol. The van der Waals surface area contributed by atoms with Gasteiger partial charge in [-0.15, -0.1) is 11.6 Å². The molecule has 96 valence electrons. The van der Waals surface area contributed by atoms with Gasteiger partial charge in [0.25, 0.3) is 0 Å². The van der Waals surface area contributed by atoms with Crippen LogP contribution in [0.4, 0.5) is 0 Å². The van der Waals surface area contributed by atoms with Crippen LogP contribution in [-0.2, 0) is 6.54 Å². The average Bonchev–Trinajstić information content (AvgIpc) is 2.34. The number of aromatic nitrogens is 1. The molecule has 0 bridgehead atoms. The second-order valence-corrected chi connectivity index (χ2v) is 4.84. The first-order valence-electron chi connectivity index (χ1n) is 5.94. The lowest BCUT2D eigenvalue weighted by Crippen LogP contribution is -2.31. The summed E-state index contributed by atoms with van der Waals surface area (Å²) >= 11 is 5.94. The molecule has 0 fully saturated rings. The average molecular weight is 257 g/mol. The third-order valence-electron chi connectivity index (χ3n) is 2.57. The van der Waals surface area contributed by atoms with Gasteiger partial charge in [-0.25, -0.2) is 4.98 Å². The van der Waals surface area contributed by atoms with E-state index in [1.807, 2.05) is 12.1 Å². The molecule has 0 aliphatic carbocycles. The van der Waals surface area contributed by atoms with Crippen molar-refractivity contribution in [3.8, 4) is 5.88 Å². The van der Waals surface area contributed by atoms with Crippen LogP contribution in [0.5, 0.6) is 5.88 Å². The predicted octanol–water partition coefficient (Wildman–Crippen LogP) is 2.83. The minimum absolute atomic E-state index is 0.335. The molecule has 1 heterocycles. The van der Waals surface area contributed by atoms with E-state index in [4.69, 9.17) is 16.3 Å². The number of methoxy groups -OCH3 is 1. The zero-order valence-corrected chi connectivity index (χ0v) is 11.5. The van der Waals surface area contributed by atoms with E-state index in [1.54, 1.807) is 13.3 Å². The molecule has 0 saturated heterocycles. The Bertz CT molecular complexity index is 331. The monoisotopic (exact) mass is 256 g/mol. The van der Waals surface area contributed by atoms with Gasteiger partial charge >= 0.3 is 0 Å². The number of pyridine rings is 1. The van der Waals surface area contributed by atoms with Crippen LogP contribution >= 0.6 is 11.6 Å². The van der Waals surface area contributed by atoms with Crippen molar-refractivity contribution in [1.82, 2.24) is 10.3 Å². The standard InChI is InChI=1S/C13H21ClN2O/c1-10(2)7-12(8-14)16-9-11-5-4-6-15-13(11)17-3/h4-6,10,12,16H,7-9H2,1-3H3. The summed E-state index contributed by atoms with van der Waals surface area (Å²) in [4.78, 5) is 4.17. The second-order valence-electron chi connectivity index (χ2n) is 4.53. The largest absolute Gasteiger partial charge is 0.481 e. The number of halogens is 1. The van der Waals surface area contributed by atoms with E-state index in [1.165, 1.54) is 0 Å². The second kappa shape index (κ2) is 7.51. The van der Waals surface area contributed by atoms with Crippen molar-refractivity contribution in [3.05, 3.63) is 23.9 Å². The summed E-state index contributed by atoms with van der Waals surface area (Å²) in [6.45, 7) is 5.14. The number of alkyl halides is 1. The van der Waals surface area contributed by atoms with E-state index in [9.17, 15) is 0 Å². The van der Waals surface area contributed by atoms with Crippen LogP contribution in [0.25, 0.3) is 0 Å². The highest BCUT2D eigenvalue weighted by Crippen LogP contribution is 2.14. The minimum atomic E-state index is 0.335. The first-order valence-corrected chi connectivity index (χ1v) is 6.48. The Morgan fingerprint density at radius 1 is 1.47 bits per heavy atom. The van der Waals surface area contributed by atoms with Crippen LogP contribution in [0.3, 0.4) is 0 Å². The Morgan fingerprint density at radius 3 is 2.82 bits per heavy atom. The molecule has 3 nitrogen and oxygen atoms in total. The molecule has 0 amide bonds. The summed E-state index contributed by atoms with van der Waals surface area (Å²) in [7, 11) is 1.64. The topological polar surface area (TPSA) is 34.1 Å². The molecule has 0 spiro atoms. The summed E-state index contributed by atoms with van der Waals surface area (Å²) in [5.41, 5.74) is 1.06. The summed E-state index contributed by atoms with van der Waals surface area (Å²) < 4.78 is 5.21. The molecule has 0 aromatic carbocycles. The summed E-state index contributed by atoms with van der Waals surface area (Å²) in [6.07, 6.45) is 2.81. The van der Waals surface area contributed by atoms with Gasteiger partial charge in [0.1, 0.15) is 0 Å². The Balaban J connectivity index is 2.53. The summed E-state index contributed by atoms with van der Waals surface area (Å²) in [5.74, 6) is 1.95. The molecule has 1 unspecified atom stereocenters. The number of nitrogens with zero attached hydrogens (tertiary/aromatic N) is 1. The molecular formula is C13H21ClN2O. The SMILES string of the molecule is COc1ncccc1CNC(CCl)CC(C)C. The van der Waals surface area contributed by atoms with Gasteiger partial charge in [-0.2, -0.15) is 0 Å². The summed E-state index contributed by atoms with van der Waals surface area (Å²) in [5, 5.41) is 3.44. The number of hydrogen-bond acceptors (Lipinski definition) is 3. The van der Waals surface area contributed by atoms with E-state index in [-0.39, 0.29) is 0 Å². The Kier molecular flexibility index (Phi) is 6.30.